The highest BCUT2D eigenvalue weighted by atomic mass is 16.6. The summed E-state index contributed by atoms with van der Waals surface area (Å²) in [6.07, 6.45) is 1.84. The number of hydrogen-bond donors (Lipinski definition) is 0. The van der Waals surface area contributed by atoms with Crippen molar-refractivity contribution in [1.29, 1.82) is 0 Å². The predicted octanol–water partition coefficient (Wildman–Crippen LogP) is 7.14. The number of oxime groups is 2. The minimum Gasteiger partial charge on any atom is -0.399 e. The predicted molar refractivity (Wildman–Crippen MR) is 145 cm³/mol. The van der Waals surface area contributed by atoms with E-state index in [1.807, 2.05) is 6.92 Å². The van der Waals surface area contributed by atoms with Gasteiger partial charge in [-0.05, 0) is 65.5 Å². The van der Waals surface area contributed by atoms with Crippen molar-refractivity contribution in [1.82, 2.24) is 4.57 Å². The Kier molecular flexibility index (Phi) is 6.63. The normalized spacial score (nSPS) is 16.8. The molecule has 0 radical (unpaired) electrons. The Bertz CT molecular complexity index is 1250. The van der Waals surface area contributed by atoms with E-state index in [0.29, 0.717) is 0 Å². The average Bonchev–Trinajstić information content (AvgIpc) is 3.17. The summed E-state index contributed by atoms with van der Waals surface area (Å²) in [6, 6.07) is 19.8. The molecule has 35 heavy (non-hydrogen) atoms. The Balaban J connectivity index is 1.92. The minimum absolute atomic E-state index is 0.0788. The summed E-state index contributed by atoms with van der Waals surface area (Å²) >= 11 is 0. The van der Waals surface area contributed by atoms with Gasteiger partial charge in [-0.15, -0.1) is 0 Å². The van der Waals surface area contributed by atoms with Crippen molar-refractivity contribution in [2.75, 3.05) is 14.2 Å². The molecule has 0 spiro atoms. The van der Waals surface area contributed by atoms with E-state index in [0.717, 1.165) is 41.2 Å². The summed E-state index contributed by atoms with van der Waals surface area (Å²) in [5, 5.41) is 8.52. The third-order valence-electron chi connectivity index (χ3n) is 6.73. The van der Waals surface area contributed by atoms with Gasteiger partial charge in [0.05, 0.1) is 17.1 Å². The highest BCUT2D eigenvalue weighted by molar-refractivity contribution is 6.04. The van der Waals surface area contributed by atoms with E-state index in [-0.39, 0.29) is 10.8 Å². The SMILES string of the molecule is CO/N=C1/CC(C)(C)Cc2c1cc(-c1ccc(C(C)(C)C)cc1)n2-c1ccc(/C(C)=N/OC)cc1. The molecule has 0 amide bonds. The van der Waals surface area contributed by atoms with Crippen molar-refractivity contribution in [2.45, 2.75) is 59.8 Å². The molecule has 3 aromatic rings. The summed E-state index contributed by atoms with van der Waals surface area (Å²) in [5.74, 6) is 0. The third kappa shape index (κ3) is 5.04. The van der Waals surface area contributed by atoms with Crippen LogP contribution >= 0.6 is 0 Å². The van der Waals surface area contributed by atoms with Gasteiger partial charge in [0.1, 0.15) is 14.2 Å². The number of fused-ring (bicyclic) bond motifs is 1. The molecule has 1 aliphatic rings. The molecular weight excluding hydrogens is 434 g/mol. The number of nitrogens with zero attached hydrogens (tertiary/aromatic N) is 3. The second kappa shape index (κ2) is 9.37. The molecule has 1 aliphatic carbocycles. The zero-order chi connectivity index (χ0) is 25.4. The van der Waals surface area contributed by atoms with Crippen molar-refractivity contribution in [2.24, 2.45) is 15.7 Å². The molecule has 0 saturated carbocycles. The van der Waals surface area contributed by atoms with Gasteiger partial charge in [-0.25, -0.2) is 0 Å². The van der Waals surface area contributed by atoms with E-state index < -0.39 is 0 Å². The van der Waals surface area contributed by atoms with Gasteiger partial charge < -0.3 is 14.2 Å². The first-order valence-electron chi connectivity index (χ1n) is 12.2. The molecule has 0 aliphatic heterocycles. The summed E-state index contributed by atoms with van der Waals surface area (Å²) < 4.78 is 2.39. The first kappa shape index (κ1) is 24.8. The van der Waals surface area contributed by atoms with E-state index in [1.54, 1.807) is 14.2 Å². The Morgan fingerprint density at radius 1 is 0.914 bits per heavy atom. The lowest BCUT2D eigenvalue weighted by Crippen LogP contribution is -2.28. The van der Waals surface area contributed by atoms with Crippen LogP contribution in [0.1, 0.15) is 70.3 Å². The maximum atomic E-state index is 5.26. The van der Waals surface area contributed by atoms with Crippen molar-refractivity contribution < 1.29 is 9.68 Å². The highest BCUT2D eigenvalue weighted by Crippen LogP contribution is 2.41. The lowest BCUT2D eigenvalue weighted by molar-refractivity contribution is 0.210. The van der Waals surface area contributed by atoms with E-state index in [1.165, 1.54) is 22.4 Å². The van der Waals surface area contributed by atoms with Crippen LogP contribution in [0.4, 0.5) is 0 Å². The van der Waals surface area contributed by atoms with Crippen molar-refractivity contribution in [3.63, 3.8) is 0 Å². The fourth-order valence-corrected chi connectivity index (χ4v) is 4.92. The van der Waals surface area contributed by atoms with Crippen molar-refractivity contribution >= 4 is 11.4 Å². The maximum Gasteiger partial charge on any atom is 0.106 e. The average molecular weight is 472 g/mol. The molecule has 0 fully saturated rings. The maximum absolute atomic E-state index is 5.26. The summed E-state index contributed by atoms with van der Waals surface area (Å²) in [6.45, 7) is 13.3. The molecule has 4 rings (SSSR count). The molecule has 1 aromatic heterocycles. The first-order chi connectivity index (χ1) is 16.5. The number of hydrogen-bond acceptors (Lipinski definition) is 4. The summed E-state index contributed by atoms with van der Waals surface area (Å²) in [4.78, 5) is 10.2. The Morgan fingerprint density at radius 2 is 1.57 bits per heavy atom. The molecule has 0 unspecified atom stereocenters. The standard InChI is InChI=1S/C30H37N3O2/c1-20(31-34-7)21-11-15-24(16-12-21)33-27(22-9-13-23(14-10-22)29(2,3)4)17-25-26(32-35-8)18-30(5,6)19-28(25)33/h9-17H,18-19H2,1-8H3/b31-20+,32-26-. The largest absolute Gasteiger partial charge is 0.399 e. The number of aromatic nitrogens is 1. The summed E-state index contributed by atoms with van der Waals surface area (Å²) in [5.41, 5.74) is 10.3. The van der Waals surface area contributed by atoms with Gasteiger partial charge in [0.2, 0.25) is 0 Å². The highest BCUT2D eigenvalue weighted by Gasteiger charge is 2.34. The van der Waals surface area contributed by atoms with Crippen LogP contribution in [0.3, 0.4) is 0 Å². The number of benzene rings is 2. The van der Waals surface area contributed by atoms with Crippen LogP contribution in [-0.2, 0) is 21.5 Å². The zero-order valence-electron chi connectivity index (χ0n) is 22.3. The van der Waals surface area contributed by atoms with Crippen molar-refractivity contribution in [3.05, 3.63) is 77.0 Å². The molecular formula is C30H37N3O2. The van der Waals surface area contributed by atoms with Gasteiger partial charge in [-0.3, -0.25) is 0 Å². The quantitative estimate of drug-likeness (QED) is 0.293. The van der Waals surface area contributed by atoms with Crippen LogP contribution in [0.2, 0.25) is 0 Å². The van der Waals surface area contributed by atoms with Gasteiger partial charge in [-0.1, -0.05) is 81.3 Å². The first-order valence-corrected chi connectivity index (χ1v) is 12.2. The van der Waals surface area contributed by atoms with Crippen LogP contribution in [0.15, 0.2) is 64.9 Å². The minimum atomic E-state index is 0.0788. The zero-order valence-corrected chi connectivity index (χ0v) is 22.3. The van der Waals surface area contributed by atoms with Crippen LogP contribution < -0.4 is 0 Å². The Hall–Kier alpha value is -3.34. The molecule has 0 atom stereocenters. The van der Waals surface area contributed by atoms with Gasteiger partial charge >= 0.3 is 0 Å². The monoisotopic (exact) mass is 471 g/mol. The van der Waals surface area contributed by atoms with Gasteiger partial charge in [0, 0.05) is 16.9 Å². The number of rotatable bonds is 5. The lowest BCUT2D eigenvalue weighted by Gasteiger charge is -2.31. The fraction of sp³-hybridized carbons (Fsp3) is 0.400. The fourth-order valence-electron chi connectivity index (χ4n) is 4.92. The van der Waals surface area contributed by atoms with Crippen LogP contribution in [0.25, 0.3) is 16.9 Å². The molecule has 0 N–H and O–H groups in total. The van der Waals surface area contributed by atoms with Crippen LogP contribution in [-0.4, -0.2) is 30.2 Å². The van der Waals surface area contributed by atoms with Crippen LogP contribution in [0.5, 0.6) is 0 Å². The molecule has 0 saturated heterocycles. The van der Waals surface area contributed by atoms with E-state index in [4.69, 9.17) is 9.68 Å². The van der Waals surface area contributed by atoms with Crippen LogP contribution in [0, 0.1) is 5.41 Å². The molecule has 5 heteroatoms. The topological polar surface area (TPSA) is 48.1 Å². The Morgan fingerprint density at radius 3 is 2.14 bits per heavy atom. The Labute approximate surface area is 209 Å². The van der Waals surface area contributed by atoms with Gasteiger partial charge in [0.15, 0.2) is 0 Å². The third-order valence-corrected chi connectivity index (χ3v) is 6.73. The van der Waals surface area contributed by atoms with Gasteiger partial charge in [-0.2, -0.15) is 0 Å². The van der Waals surface area contributed by atoms with Crippen molar-refractivity contribution in [3.8, 4) is 16.9 Å². The molecule has 0 bridgehead atoms. The second-order valence-corrected chi connectivity index (χ2v) is 11.2. The smallest absolute Gasteiger partial charge is 0.106 e. The lowest BCUT2D eigenvalue weighted by atomic mass is 9.76. The molecule has 1 heterocycles. The van der Waals surface area contributed by atoms with E-state index >= 15 is 0 Å². The van der Waals surface area contributed by atoms with E-state index in [2.05, 4.69) is 104 Å². The molecule has 5 nitrogen and oxygen atoms in total. The molecule has 184 valence electrons. The second-order valence-electron chi connectivity index (χ2n) is 11.2. The van der Waals surface area contributed by atoms with E-state index in [9.17, 15) is 0 Å². The van der Waals surface area contributed by atoms with Gasteiger partial charge in [0.25, 0.3) is 0 Å². The summed E-state index contributed by atoms with van der Waals surface area (Å²) in [7, 11) is 3.20. The molecule has 2 aromatic carbocycles.